The fraction of sp³-hybridized carbons (Fsp3) is 0.389. The summed E-state index contributed by atoms with van der Waals surface area (Å²) in [7, 11) is 0. The van der Waals surface area contributed by atoms with E-state index in [9.17, 15) is 24.6 Å². The van der Waals surface area contributed by atoms with Crippen molar-refractivity contribution in [1.82, 2.24) is 4.90 Å². The van der Waals surface area contributed by atoms with E-state index in [-0.39, 0.29) is 23.7 Å². The number of phenols is 1. The maximum atomic E-state index is 12.5. The Kier molecular flexibility index (Phi) is 4.48. The lowest BCUT2D eigenvalue weighted by atomic mass is 9.96. The van der Waals surface area contributed by atoms with Gasteiger partial charge in [-0.2, -0.15) is 0 Å². The average Bonchev–Trinajstić information content (AvgIpc) is 2.58. The Balaban J connectivity index is 1.84. The summed E-state index contributed by atoms with van der Waals surface area (Å²) in [5.74, 6) is -1.74. The van der Waals surface area contributed by atoms with E-state index >= 15 is 0 Å². The summed E-state index contributed by atoms with van der Waals surface area (Å²) < 4.78 is 5.17. The quantitative estimate of drug-likeness (QED) is 0.804. The molecule has 25 heavy (non-hydrogen) atoms. The molecule has 0 atom stereocenters. The number of rotatable bonds is 3. The molecule has 0 spiro atoms. The van der Waals surface area contributed by atoms with Gasteiger partial charge >= 0.3 is 5.63 Å². The van der Waals surface area contributed by atoms with Crippen LogP contribution >= 0.6 is 0 Å². The number of carboxylic acids is 1. The summed E-state index contributed by atoms with van der Waals surface area (Å²) >= 11 is 0. The van der Waals surface area contributed by atoms with Gasteiger partial charge in [-0.25, -0.2) is 4.79 Å². The minimum atomic E-state index is -1.07. The number of likely N-dealkylation sites (tertiary alicyclic amines) is 1. The summed E-state index contributed by atoms with van der Waals surface area (Å²) in [5.41, 5.74) is 0.658. The van der Waals surface area contributed by atoms with E-state index in [0.717, 1.165) is 0 Å². The number of hydrogen-bond acceptors (Lipinski definition) is 6. The first-order chi connectivity index (χ1) is 11.9. The summed E-state index contributed by atoms with van der Waals surface area (Å²) in [6.45, 7) is 2.35. The molecule has 7 nitrogen and oxygen atoms in total. The average molecular weight is 344 g/mol. The minimum Gasteiger partial charge on any atom is -0.550 e. The van der Waals surface area contributed by atoms with Crippen LogP contribution in [0.15, 0.2) is 27.4 Å². The van der Waals surface area contributed by atoms with Crippen molar-refractivity contribution in [3.8, 4) is 5.75 Å². The molecule has 2 heterocycles. The Morgan fingerprint density at radius 1 is 1.32 bits per heavy atom. The van der Waals surface area contributed by atoms with Crippen LogP contribution in [0.1, 0.15) is 24.0 Å². The molecular formula is C18H18NO6-. The second-order valence-electron chi connectivity index (χ2n) is 6.33. The van der Waals surface area contributed by atoms with Crippen LogP contribution in [0.5, 0.6) is 5.75 Å². The van der Waals surface area contributed by atoms with Gasteiger partial charge in [0.15, 0.2) is 0 Å². The van der Waals surface area contributed by atoms with Gasteiger partial charge in [-0.05, 0) is 37.5 Å². The zero-order valence-corrected chi connectivity index (χ0v) is 13.8. The number of aromatic hydroxyl groups is 1. The summed E-state index contributed by atoms with van der Waals surface area (Å²) in [6, 6.07) is 4.40. The number of carbonyl (C=O) groups excluding carboxylic acids is 2. The summed E-state index contributed by atoms with van der Waals surface area (Å²) in [6.07, 6.45) is 0.764. The van der Waals surface area contributed by atoms with Crippen LogP contribution in [0.4, 0.5) is 0 Å². The highest BCUT2D eigenvalue weighted by Gasteiger charge is 2.24. The maximum Gasteiger partial charge on any atom is 0.336 e. The number of aryl methyl sites for hydroxylation is 1. The predicted molar refractivity (Wildman–Crippen MR) is 86.9 cm³/mol. The SMILES string of the molecule is Cc1c(O)ccc2c(CC(=O)N3CCC(C(=O)[O-])CC3)cc(=O)oc12. The fourth-order valence-corrected chi connectivity index (χ4v) is 3.20. The smallest absolute Gasteiger partial charge is 0.336 e. The molecule has 7 heteroatoms. The third-order valence-corrected chi connectivity index (χ3v) is 4.74. The van der Waals surface area contributed by atoms with Gasteiger partial charge in [0, 0.05) is 42.0 Å². The number of nitrogens with zero attached hydrogens (tertiary/aromatic N) is 1. The Hall–Kier alpha value is -2.83. The summed E-state index contributed by atoms with van der Waals surface area (Å²) in [5, 5.41) is 21.3. The molecule has 1 fully saturated rings. The Bertz CT molecular complexity index is 892. The number of amides is 1. The molecule has 0 bridgehead atoms. The number of hydrogen-bond donors (Lipinski definition) is 1. The van der Waals surface area contributed by atoms with Crippen molar-refractivity contribution in [3.63, 3.8) is 0 Å². The molecule has 1 aromatic heterocycles. The second kappa shape index (κ2) is 6.58. The van der Waals surface area contributed by atoms with Crippen molar-refractivity contribution < 1.29 is 24.2 Å². The molecule has 3 rings (SSSR count). The van der Waals surface area contributed by atoms with E-state index in [1.165, 1.54) is 12.1 Å². The van der Waals surface area contributed by atoms with E-state index in [4.69, 9.17) is 4.42 Å². The van der Waals surface area contributed by atoms with Crippen molar-refractivity contribution in [2.24, 2.45) is 5.92 Å². The zero-order valence-electron chi connectivity index (χ0n) is 13.8. The minimum absolute atomic E-state index is 0.0162. The molecule has 2 aromatic rings. The number of carboxylic acid groups (broad SMARTS) is 1. The highest BCUT2D eigenvalue weighted by molar-refractivity contribution is 5.89. The number of carbonyl (C=O) groups is 2. The maximum absolute atomic E-state index is 12.5. The molecule has 1 aromatic carbocycles. The molecule has 0 saturated carbocycles. The largest absolute Gasteiger partial charge is 0.550 e. The standard InChI is InChI=1S/C18H19NO6/c1-10-14(20)3-2-13-12(9-16(22)25-17(10)13)8-15(21)19-6-4-11(5-7-19)18(23)24/h2-3,9,11,20H,4-8H2,1H3,(H,23,24)/p-1. The fourth-order valence-electron chi connectivity index (χ4n) is 3.20. The van der Waals surface area contributed by atoms with E-state index in [1.807, 2.05) is 0 Å². The van der Waals surface area contributed by atoms with Gasteiger partial charge in [0.25, 0.3) is 0 Å². The number of piperidine rings is 1. The number of aliphatic carboxylic acids is 1. The lowest BCUT2D eigenvalue weighted by molar-refractivity contribution is -0.312. The highest BCUT2D eigenvalue weighted by Crippen LogP contribution is 2.28. The zero-order chi connectivity index (χ0) is 18.1. The first-order valence-electron chi connectivity index (χ1n) is 8.10. The number of benzene rings is 1. The van der Waals surface area contributed by atoms with Crippen molar-refractivity contribution in [1.29, 1.82) is 0 Å². The van der Waals surface area contributed by atoms with Crippen LogP contribution < -0.4 is 10.7 Å². The van der Waals surface area contributed by atoms with Crippen LogP contribution in [0.2, 0.25) is 0 Å². The van der Waals surface area contributed by atoms with Gasteiger partial charge < -0.3 is 24.3 Å². The molecule has 1 aliphatic heterocycles. The highest BCUT2D eigenvalue weighted by atomic mass is 16.4. The van der Waals surface area contributed by atoms with Crippen molar-refractivity contribution in [3.05, 3.63) is 39.7 Å². The molecule has 1 aliphatic rings. The van der Waals surface area contributed by atoms with Gasteiger partial charge in [-0.15, -0.1) is 0 Å². The molecular weight excluding hydrogens is 326 g/mol. The van der Waals surface area contributed by atoms with E-state index in [2.05, 4.69) is 0 Å². The Morgan fingerprint density at radius 2 is 2.00 bits per heavy atom. The van der Waals surface area contributed by atoms with Gasteiger partial charge in [0.1, 0.15) is 11.3 Å². The van der Waals surface area contributed by atoms with Crippen LogP contribution in [0.25, 0.3) is 11.0 Å². The lowest BCUT2D eigenvalue weighted by Gasteiger charge is -2.32. The predicted octanol–water partition coefficient (Wildman–Crippen LogP) is 0.338. The molecule has 1 amide bonds. The monoisotopic (exact) mass is 344 g/mol. The number of phenolic OH excluding ortho intramolecular Hbond substituents is 1. The van der Waals surface area contributed by atoms with Crippen LogP contribution in [-0.4, -0.2) is 35.0 Å². The molecule has 0 aliphatic carbocycles. The first-order valence-corrected chi connectivity index (χ1v) is 8.10. The van der Waals surface area contributed by atoms with Gasteiger partial charge in [-0.3, -0.25) is 4.79 Å². The second-order valence-corrected chi connectivity index (χ2v) is 6.33. The first kappa shape index (κ1) is 17.0. The molecule has 1 saturated heterocycles. The van der Waals surface area contributed by atoms with E-state index < -0.39 is 17.5 Å². The molecule has 132 valence electrons. The van der Waals surface area contributed by atoms with Crippen LogP contribution in [-0.2, 0) is 16.0 Å². The number of fused-ring (bicyclic) bond motifs is 1. The third kappa shape index (κ3) is 3.35. The molecule has 0 radical (unpaired) electrons. The molecule has 1 N–H and O–H groups in total. The van der Waals surface area contributed by atoms with E-state index in [0.29, 0.717) is 42.4 Å². The Morgan fingerprint density at radius 3 is 2.64 bits per heavy atom. The van der Waals surface area contributed by atoms with Crippen molar-refractivity contribution >= 4 is 22.8 Å². The van der Waals surface area contributed by atoms with E-state index in [1.54, 1.807) is 17.9 Å². The topological polar surface area (TPSA) is 111 Å². The lowest BCUT2D eigenvalue weighted by Crippen LogP contribution is -2.44. The van der Waals surface area contributed by atoms with Gasteiger partial charge in [0.05, 0.1) is 6.42 Å². The van der Waals surface area contributed by atoms with Crippen molar-refractivity contribution in [2.45, 2.75) is 26.2 Å². The Labute approximate surface area is 143 Å². The summed E-state index contributed by atoms with van der Waals surface area (Å²) in [4.78, 5) is 36.8. The van der Waals surface area contributed by atoms with Gasteiger partial charge in [0.2, 0.25) is 5.91 Å². The molecule has 0 unspecified atom stereocenters. The van der Waals surface area contributed by atoms with Gasteiger partial charge in [-0.1, -0.05) is 0 Å². The van der Waals surface area contributed by atoms with Crippen LogP contribution in [0, 0.1) is 12.8 Å². The third-order valence-electron chi connectivity index (χ3n) is 4.74. The van der Waals surface area contributed by atoms with Crippen LogP contribution in [0.3, 0.4) is 0 Å². The normalized spacial score (nSPS) is 15.5. The van der Waals surface area contributed by atoms with Crippen molar-refractivity contribution in [2.75, 3.05) is 13.1 Å².